The molecule has 0 atom stereocenters. The molecule has 74 valence electrons. The van der Waals surface area contributed by atoms with Crippen molar-refractivity contribution < 1.29 is 14.7 Å². The van der Waals surface area contributed by atoms with Crippen LogP contribution in [0.3, 0.4) is 0 Å². The fourth-order valence-corrected chi connectivity index (χ4v) is 0.914. The number of Topliss-reactive ketones (excluding diaryl/α,β-unsaturated/α-hetero) is 1. The molecule has 4 heteroatoms. The largest absolute Gasteiger partial charge is 0.481 e. The normalized spacial score (nSPS) is 11.0. The first-order chi connectivity index (χ1) is 6.46. The quantitative estimate of drug-likeness (QED) is 0.581. The predicted octanol–water partition coefficient (Wildman–Crippen LogP) is 1.38. The average molecular weight is 193 g/mol. The van der Waals surface area contributed by atoms with E-state index in [0.717, 1.165) is 0 Å². The number of carbonyl (C=O) groups is 2. The molecule has 0 aromatic carbocycles. The smallest absolute Gasteiger partial charge is 0.317 e. The molecule has 0 saturated heterocycles. The van der Waals surface area contributed by atoms with Crippen molar-refractivity contribution in [2.24, 2.45) is 5.41 Å². The number of hydrogen-bond donors (Lipinski definition) is 1. The maximum atomic E-state index is 11.7. The number of ketones is 1. The Labute approximate surface area is 81.6 Å². The molecule has 1 aromatic rings. The number of carboxylic acids is 1. The van der Waals surface area contributed by atoms with Gasteiger partial charge < -0.3 is 5.11 Å². The Balaban J connectivity index is 3.03. The summed E-state index contributed by atoms with van der Waals surface area (Å²) < 4.78 is 0. The van der Waals surface area contributed by atoms with Gasteiger partial charge in [-0.25, -0.2) is 0 Å². The number of rotatable bonds is 3. The molecular weight excluding hydrogens is 182 g/mol. The molecular formula is C10H11NO3. The van der Waals surface area contributed by atoms with Crippen LogP contribution < -0.4 is 0 Å². The van der Waals surface area contributed by atoms with Gasteiger partial charge in [0.15, 0.2) is 5.78 Å². The zero-order valence-corrected chi connectivity index (χ0v) is 8.02. The molecule has 0 spiro atoms. The van der Waals surface area contributed by atoms with Gasteiger partial charge in [0.2, 0.25) is 0 Å². The Morgan fingerprint density at radius 1 is 1.36 bits per heavy atom. The van der Waals surface area contributed by atoms with E-state index in [1.54, 1.807) is 12.1 Å². The van der Waals surface area contributed by atoms with Crippen LogP contribution in [-0.4, -0.2) is 21.8 Å². The van der Waals surface area contributed by atoms with E-state index in [1.165, 1.54) is 26.1 Å². The van der Waals surface area contributed by atoms with Crippen LogP contribution in [0.4, 0.5) is 0 Å². The van der Waals surface area contributed by atoms with E-state index in [1.807, 2.05) is 0 Å². The van der Waals surface area contributed by atoms with Gasteiger partial charge in [-0.2, -0.15) is 0 Å². The first kappa shape index (κ1) is 10.4. The van der Waals surface area contributed by atoms with Gasteiger partial charge in [0.25, 0.3) is 0 Å². The summed E-state index contributed by atoms with van der Waals surface area (Å²) in [5.74, 6) is -1.63. The molecule has 0 fully saturated rings. The zero-order valence-electron chi connectivity index (χ0n) is 8.02. The lowest BCUT2D eigenvalue weighted by Gasteiger charge is -2.16. The summed E-state index contributed by atoms with van der Waals surface area (Å²) >= 11 is 0. The van der Waals surface area contributed by atoms with Gasteiger partial charge >= 0.3 is 5.97 Å². The second kappa shape index (κ2) is 3.57. The fourth-order valence-electron chi connectivity index (χ4n) is 0.914. The number of aromatic nitrogens is 1. The first-order valence-corrected chi connectivity index (χ1v) is 4.15. The molecule has 1 rings (SSSR count). The molecule has 0 saturated carbocycles. The van der Waals surface area contributed by atoms with Crippen molar-refractivity contribution in [2.45, 2.75) is 13.8 Å². The number of hydrogen-bond acceptors (Lipinski definition) is 3. The van der Waals surface area contributed by atoms with Gasteiger partial charge in [-0.1, -0.05) is 6.07 Å². The minimum absolute atomic E-state index is 0.180. The van der Waals surface area contributed by atoms with Gasteiger partial charge in [0.05, 0.1) is 0 Å². The summed E-state index contributed by atoms with van der Waals surface area (Å²) in [7, 11) is 0. The molecule has 0 radical (unpaired) electrons. The van der Waals surface area contributed by atoms with E-state index in [9.17, 15) is 9.59 Å². The highest BCUT2D eigenvalue weighted by molar-refractivity contribution is 6.10. The van der Waals surface area contributed by atoms with Gasteiger partial charge in [-0.15, -0.1) is 0 Å². The number of carboxylic acid groups (broad SMARTS) is 1. The molecule has 1 heterocycles. The van der Waals surface area contributed by atoms with Crippen LogP contribution >= 0.6 is 0 Å². The maximum absolute atomic E-state index is 11.7. The third-order valence-electron chi connectivity index (χ3n) is 2.00. The molecule has 14 heavy (non-hydrogen) atoms. The van der Waals surface area contributed by atoms with E-state index in [4.69, 9.17) is 5.11 Å². The average Bonchev–Trinajstić information content (AvgIpc) is 2.17. The van der Waals surface area contributed by atoms with Gasteiger partial charge in [0.1, 0.15) is 11.1 Å². The van der Waals surface area contributed by atoms with E-state index in [-0.39, 0.29) is 5.69 Å². The Morgan fingerprint density at radius 2 is 2.00 bits per heavy atom. The van der Waals surface area contributed by atoms with Crippen LogP contribution in [0.1, 0.15) is 24.3 Å². The molecule has 0 aliphatic heterocycles. The predicted molar refractivity (Wildman–Crippen MR) is 50.0 cm³/mol. The Bertz CT molecular complexity index is 357. The van der Waals surface area contributed by atoms with E-state index in [0.29, 0.717) is 0 Å². The number of carbonyl (C=O) groups excluding carboxylic acids is 1. The maximum Gasteiger partial charge on any atom is 0.317 e. The van der Waals surface area contributed by atoms with Gasteiger partial charge in [0, 0.05) is 6.20 Å². The minimum Gasteiger partial charge on any atom is -0.481 e. The summed E-state index contributed by atoms with van der Waals surface area (Å²) in [6.07, 6.45) is 1.46. The summed E-state index contributed by atoms with van der Waals surface area (Å²) in [5, 5.41) is 8.82. The van der Waals surface area contributed by atoms with Crippen molar-refractivity contribution >= 4 is 11.8 Å². The second-order valence-electron chi connectivity index (χ2n) is 3.47. The minimum atomic E-state index is -1.42. The summed E-state index contributed by atoms with van der Waals surface area (Å²) in [5.41, 5.74) is -1.24. The van der Waals surface area contributed by atoms with Crippen LogP contribution in [-0.2, 0) is 4.79 Å². The van der Waals surface area contributed by atoms with Crippen LogP contribution in [0.2, 0.25) is 0 Å². The van der Waals surface area contributed by atoms with Crippen molar-refractivity contribution in [3.8, 4) is 0 Å². The Morgan fingerprint density at radius 3 is 2.43 bits per heavy atom. The standard InChI is InChI=1S/C10H11NO3/c1-10(2,9(13)14)8(12)7-5-3-4-6-11-7/h3-6H,1-2H3,(H,13,14). The second-order valence-corrected chi connectivity index (χ2v) is 3.47. The highest BCUT2D eigenvalue weighted by Gasteiger charge is 2.37. The van der Waals surface area contributed by atoms with Crippen molar-refractivity contribution in [3.63, 3.8) is 0 Å². The first-order valence-electron chi connectivity index (χ1n) is 4.15. The lowest BCUT2D eigenvalue weighted by molar-refractivity contribution is -0.144. The number of aliphatic carboxylic acids is 1. The zero-order chi connectivity index (χ0) is 10.8. The molecule has 0 bridgehead atoms. The SMILES string of the molecule is CC(C)(C(=O)O)C(=O)c1ccccn1. The molecule has 4 nitrogen and oxygen atoms in total. The van der Waals surface area contributed by atoms with Crippen molar-refractivity contribution in [1.82, 2.24) is 4.98 Å². The summed E-state index contributed by atoms with van der Waals surface area (Å²) in [6.45, 7) is 2.73. The molecule has 0 unspecified atom stereocenters. The Kier molecular flexibility index (Phi) is 2.65. The van der Waals surface area contributed by atoms with Crippen LogP contribution in [0.25, 0.3) is 0 Å². The van der Waals surface area contributed by atoms with Crippen LogP contribution in [0.15, 0.2) is 24.4 Å². The third kappa shape index (κ3) is 1.79. The van der Waals surface area contributed by atoms with E-state index < -0.39 is 17.2 Å². The van der Waals surface area contributed by atoms with E-state index in [2.05, 4.69) is 4.98 Å². The summed E-state index contributed by atoms with van der Waals surface area (Å²) in [6, 6.07) is 4.83. The van der Waals surface area contributed by atoms with Crippen LogP contribution in [0.5, 0.6) is 0 Å². The molecule has 0 amide bonds. The molecule has 0 aliphatic rings. The van der Waals surface area contributed by atoms with E-state index >= 15 is 0 Å². The lowest BCUT2D eigenvalue weighted by atomic mass is 9.86. The van der Waals surface area contributed by atoms with Gasteiger partial charge in [-0.05, 0) is 26.0 Å². The summed E-state index contributed by atoms with van der Waals surface area (Å²) in [4.78, 5) is 26.3. The monoisotopic (exact) mass is 193 g/mol. The topological polar surface area (TPSA) is 67.3 Å². The lowest BCUT2D eigenvalue weighted by Crippen LogP contribution is -2.33. The number of nitrogens with zero attached hydrogens (tertiary/aromatic N) is 1. The Hall–Kier alpha value is -1.71. The molecule has 1 N–H and O–H groups in total. The highest BCUT2D eigenvalue weighted by atomic mass is 16.4. The highest BCUT2D eigenvalue weighted by Crippen LogP contribution is 2.20. The van der Waals surface area contributed by atoms with Gasteiger partial charge in [-0.3, -0.25) is 14.6 Å². The van der Waals surface area contributed by atoms with Crippen molar-refractivity contribution in [2.75, 3.05) is 0 Å². The molecule has 0 aliphatic carbocycles. The fraction of sp³-hybridized carbons (Fsp3) is 0.300. The van der Waals surface area contributed by atoms with Crippen LogP contribution in [0, 0.1) is 5.41 Å². The third-order valence-corrected chi connectivity index (χ3v) is 2.00. The van der Waals surface area contributed by atoms with Crippen molar-refractivity contribution in [1.29, 1.82) is 0 Å². The molecule has 1 aromatic heterocycles. The van der Waals surface area contributed by atoms with Crippen molar-refractivity contribution in [3.05, 3.63) is 30.1 Å². The number of pyridine rings is 1.